The van der Waals surface area contributed by atoms with E-state index in [1.54, 1.807) is 0 Å². The molecule has 1 saturated heterocycles. The van der Waals surface area contributed by atoms with Gasteiger partial charge in [0.1, 0.15) is 5.52 Å². The van der Waals surface area contributed by atoms with Crippen LogP contribution in [0.4, 0.5) is 5.69 Å². The van der Waals surface area contributed by atoms with Crippen molar-refractivity contribution in [3.63, 3.8) is 0 Å². The van der Waals surface area contributed by atoms with E-state index in [1.165, 1.54) is 5.56 Å². The molecule has 1 aromatic heterocycles. The van der Waals surface area contributed by atoms with Crippen LogP contribution in [-0.2, 0) is 4.74 Å². The number of hydrogen-bond donors (Lipinski definition) is 2. The number of aromatic nitrogens is 1. The zero-order chi connectivity index (χ0) is 17.5. The molecule has 0 radical (unpaired) electrons. The molecule has 0 amide bonds. The Hall–Kier alpha value is -2.37. The van der Waals surface area contributed by atoms with Gasteiger partial charge in [0.25, 0.3) is 0 Å². The van der Waals surface area contributed by atoms with E-state index in [-0.39, 0.29) is 12.7 Å². The number of rotatable bonds is 4. The number of ether oxygens (including phenoxy) is 1. The Morgan fingerprint density at radius 1 is 1.19 bits per heavy atom. The monoisotopic (exact) mass is 350 g/mol. The summed E-state index contributed by atoms with van der Waals surface area (Å²) < 4.78 is 12.0. The van der Waals surface area contributed by atoms with Crippen LogP contribution in [0.25, 0.3) is 22.6 Å². The summed E-state index contributed by atoms with van der Waals surface area (Å²) in [4.78, 5) is 4.62. The van der Waals surface area contributed by atoms with E-state index >= 15 is 0 Å². The summed E-state index contributed by atoms with van der Waals surface area (Å²) in [6.07, 6.45) is 2.95. The molecule has 2 aromatic carbocycles. The second-order valence-corrected chi connectivity index (χ2v) is 7.15. The van der Waals surface area contributed by atoms with Crippen molar-refractivity contribution in [3.05, 3.63) is 48.0 Å². The van der Waals surface area contributed by atoms with Crippen molar-refractivity contribution in [2.75, 3.05) is 18.5 Å². The quantitative estimate of drug-likeness (QED) is 0.740. The minimum Gasteiger partial charge on any atom is -0.436 e. The molecule has 3 heterocycles. The highest BCUT2D eigenvalue weighted by atomic mass is 16.5. The summed E-state index contributed by atoms with van der Waals surface area (Å²) in [5.41, 5.74) is 4.96. The summed E-state index contributed by atoms with van der Waals surface area (Å²) >= 11 is 0. The maximum Gasteiger partial charge on any atom is 0.227 e. The topological polar surface area (TPSA) is 67.5 Å². The Bertz CT molecular complexity index is 903. The second-order valence-electron chi connectivity index (χ2n) is 7.15. The van der Waals surface area contributed by atoms with E-state index in [0.29, 0.717) is 17.9 Å². The van der Waals surface area contributed by atoms with E-state index in [9.17, 15) is 5.11 Å². The zero-order valence-electron chi connectivity index (χ0n) is 14.5. The molecule has 134 valence electrons. The molecule has 3 aromatic rings. The summed E-state index contributed by atoms with van der Waals surface area (Å²) in [5.74, 6) is 1.10. The number of benzene rings is 2. The van der Waals surface area contributed by atoms with Crippen LogP contribution in [0.15, 0.2) is 46.9 Å². The number of aliphatic hydroxyl groups is 1. The molecule has 0 bridgehead atoms. The standard InChI is InChI=1S/C21H22N2O3/c24-10-3-5-16-14-9-11-25-20(14)15-12-13(7-8-17(15)22-16)21-23-18-4-1-2-6-19(18)26-21/h1-2,4,6-8,12,14,16,20,22,24H,3,5,9-11H2/t14-,16+,20?/m0/s1. The molecule has 3 atom stereocenters. The van der Waals surface area contributed by atoms with Gasteiger partial charge in [0.05, 0.1) is 6.10 Å². The fraction of sp³-hybridized carbons (Fsp3) is 0.381. The van der Waals surface area contributed by atoms with Gasteiger partial charge in [-0.1, -0.05) is 12.1 Å². The van der Waals surface area contributed by atoms with Crippen LogP contribution in [-0.4, -0.2) is 29.3 Å². The third-order valence-corrected chi connectivity index (χ3v) is 5.57. The van der Waals surface area contributed by atoms with Crippen LogP contribution in [0.1, 0.15) is 30.9 Å². The first-order valence-electron chi connectivity index (χ1n) is 9.32. The third kappa shape index (κ3) is 2.59. The van der Waals surface area contributed by atoms with Gasteiger partial charge in [-0.25, -0.2) is 4.98 Å². The lowest BCUT2D eigenvalue weighted by molar-refractivity contribution is 0.0813. The maximum absolute atomic E-state index is 9.18. The number of para-hydroxylation sites is 2. The van der Waals surface area contributed by atoms with Crippen molar-refractivity contribution in [2.45, 2.75) is 31.4 Å². The molecule has 2 aliphatic rings. The first-order valence-corrected chi connectivity index (χ1v) is 9.32. The molecule has 5 rings (SSSR count). The normalized spacial score (nSPS) is 24.3. The molecule has 5 heteroatoms. The molecule has 5 nitrogen and oxygen atoms in total. The number of oxazole rings is 1. The van der Waals surface area contributed by atoms with Crippen molar-refractivity contribution in [1.29, 1.82) is 0 Å². The van der Waals surface area contributed by atoms with Gasteiger partial charge in [0, 0.05) is 42.0 Å². The summed E-state index contributed by atoms with van der Waals surface area (Å²) in [7, 11) is 0. The summed E-state index contributed by atoms with van der Waals surface area (Å²) in [6, 6.07) is 14.5. The highest BCUT2D eigenvalue weighted by molar-refractivity contribution is 5.76. The van der Waals surface area contributed by atoms with Crippen LogP contribution in [0, 0.1) is 5.92 Å². The van der Waals surface area contributed by atoms with E-state index in [1.807, 2.05) is 24.3 Å². The van der Waals surface area contributed by atoms with Gasteiger partial charge in [0.2, 0.25) is 5.89 Å². The zero-order valence-corrected chi connectivity index (χ0v) is 14.5. The Morgan fingerprint density at radius 2 is 2.12 bits per heavy atom. The van der Waals surface area contributed by atoms with Crippen LogP contribution < -0.4 is 5.32 Å². The predicted octanol–water partition coefficient (Wildman–Crippen LogP) is 4.14. The number of anilines is 1. The van der Waals surface area contributed by atoms with Gasteiger partial charge in [-0.05, 0) is 49.6 Å². The molecule has 2 aliphatic heterocycles. The maximum atomic E-state index is 9.18. The number of nitrogens with one attached hydrogen (secondary N) is 1. The van der Waals surface area contributed by atoms with Gasteiger partial charge in [-0.3, -0.25) is 0 Å². The SMILES string of the molecule is OCCC[C@H]1Nc2ccc(-c3nc4ccccc4o3)cc2C2OCC[C@H]21. The highest BCUT2D eigenvalue weighted by Gasteiger charge is 2.40. The van der Waals surface area contributed by atoms with Gasteiger partial charge >= 0.3 is 0 Å². The Balaban J connectivity index is 1.52. The number of hydrogen-bond acceptors (Lipinski definition) is 5. The molecule has 1 unspecified atom stereocenters. The summed E-state index contributed by atoms with van der Waals surface area (Å²) in [6.45, 7) is 1.03. The molecule has 26 heavy (non-hydrogen) atoms. The van der Waals surface area contributed by atoms with Gasteiger partial charge in [0.15, 0.2) is 5.58 Å². The fourth-order valence-electron chi connectivity index (χ4n) is 4.30. The van der Waals surface area contributed by atoms with Gasteiger partial charge in [-0.2, -0.15) is 0 Å². The molecule has 0 saturated carbocycles. The average molecular weight is 350 g/mol. The third-order valence-electron chi connectivity index (χ3n) is 5.57. The average Bonchev–Trinajstić information content (AvgIpc) is 3.32. The number of aliphatic hydroxyl groups excluding tert-OH is 1. The Morgan fingerprint density at radius 3 is 3.00 bits per heavy atom. The molecule has 0 spiro atoms. The van der Waals surface area contributed by atoms with Crippen molar-refractivity contribution in [3.8, 4) is 11.5 Å². The minimum atomic E-state index is 0.110. The molecular formula is C21H22N2O3. The van der Waals surface area contributed by atoms with E-state index in [2.05, 4.69) is 28.5 Å². The van der Waals surface area contributed by atoms with Crippen LogP contribution >= 0.6 is 0 Å². The van der Waals surface area contributed by atoms with Crippen molar-refractivity contribution < 1.29 is 14.3 Å². The van der Waals surface area contributed by atoms with E-state index in [0.717, 1.165) is 48.2 Å². The van der Waals surface area contributed by atoms with Crippen molar-refractivity contribution in [2.24, 2.45) is 5.92 Å². The van der Waals surface area contributed by atoms with Crippen molar-refractivity contribution in [1.82, 2.24) is 4.98 Å². The fourth-order valence-corrected chi connectivity index (χ4v) is 4.30. The first kappa shape index (κ1) is 15.9. The highest BCUT2D eigenvalue weighted by Crippen LogP contribution is 2.46. The van der Waals surface area contributed by atoms with E-state index < -0.39 is 0 Å². The lowest BCUT2D eigenvalue weighted by atomic mass is 9.82. The summed E-state index contributed by atoms with van der Waals surface area (Å²) in [5, 5.41) is 12.8. The minimum absolute atomic E-state index is 0.110. The van der Waals surface area contributed by atoms with E-state index in [4.69, 9.17) is 9.15 Å². The Kier molecular flexibility index (Phi) is 3.91. The van der Waals surface area contributed by atoms with Gasteiger partial charge < -0.3 is 19.6 Å². The predicted molar refractivity (Wildman–Crippen MR) is 100.0 cm³/mol. The van der Waals surface area contributed by atoms with Gasteiger partial charge in [-0.15, -0.1) is 0 Å². The largest absolute Gasteiger partial charge is 0.436 e. The Labute approximate surface area is 152 Å². The second kappa shape index (κ2) is 6.41. The van der Waals surface area contributed by atoms with Crippen LogP contribution in [0.2, 0.25) is 0 Å². The first-order chi connectivity index (χ1) is 12.8. The lowest BCUT2D eigenvalue weighted by Crippen LogP contribution is -2.36. The molecule has 1 fully saturated rings. The number of fused-ring (bicyclic) bond motifs is 4. The molecular weight excluding hydrogens is 328 g/mol. The van der Waals surface area contributed by atoms with Crippen LogP contribution in [0.5, 0.6) is 0 Å². The molecule has 0 aliphatic carbocycles. The molecule has 2 N–H and O–H groups in total. The number of nitrogens with zero attached hydrogens (tertiary/aromatic N) is 1. The lowest BCUT2D eigenvalue weighted by Gasteiger charge is -2.36. The smallest absolute Gasteiger partial charge is 0.227 e. The van der Waals surface area contributed by atoms with Crippen LogP contribution in [0.3, 0.4) is 0 Å². The van der Waals surface area contributed by atoms with Crippen molar-refractivity contribution >= 4 is 16.8 Å².